The van der Waals surface area contributed by atoms with Gasteiger partial charge in [-0.25, -0.2) is 0 Å². The van der Waals surface area contributed by atoms with Gasteiger partial charge in [0.2, 0.25) is 0 Å². The summed E-state index contributed by atoms with van der Waals surface area (Å²) in [7, 11) is 0. The van der Waals surface area contributed by atoms with E-state index in [2.05, 4.69) is 5.32 Å². The van der Waals surface area contributed by atoms with E-state index in [0.717, 1.165) is 12.2 Å². The molecule has 0 saturated heterocycles. The Kier molecular flexibility index (Phi) is 4.83. The molecule has 1 amide bonds. The number of hydrogen-bond acceptors (Lipinski definition) is 2. The Bertz CT molecular complexity index is 348. The van der Waals surface area contributed by atoms with Crippen molar-refractivity contribution >= 4 is 5.91 Å². The van der Waals surface area contributed by atoms with Gasteiger partial charge in [0.1, 0.15) is 5.75 Å². The van der Waals surface area contributed by atoms with Crippen molar-refractivity contribution < 1.29 is 9.53 Å². The van der Waals surface area contributed by atoms with E-state index in [1.165, 1.54) is 0 Å². The van der Waals surface area contributed by atoms with Crippen molar-refractivity contribution in [1.82, 2.24) is 5.32 Å². The summed E-state index contributed by atoms with van der Waals surface area (Å²) in [6.45, 7) is 6.65. The molecule has 1 aromatic rings. The summed E-state index contributed by atoms with van der Waals surface area (Å²) in [5, 5.41) is 2.83. The van der Waals surface area contributed by atoms with Crippen LogP contribution < -0.4 is 10.1 Å². The summed E-state index contributed by atoms with van der Waals surface area (Å²) in [5.74, 6) is 0.690. The van der Waals surface area contributed by atoms with Crippen LogP contribution in [0.1, 0.15) is 37.6 Å². The number of amides is 1. The highest BCUT2D eigenvalue weighted by molar-refractivity contribution is 5.94. The Morgan fingerprint density at radius 1 is 1.44 bits per heavy atom. The van der Waals surface area contributed by atoms with Crippen molar-refractivity contribution in [2.75, 3.05) is 6.54 Å². The van der Waals surface area contributed by atoms with Gasteiger partial charge in [-0.15, -0.1) is 0 Å². The quantitative estimate of drug-likeness (QED) is 0.830. The lowest BCUT2D eigenvalue weighted by molar-refractivity contribution is 0.0953. The van der Waals surface area contributed by atoms with E-state index in [1.54, 1.807) is 12.1 Å². The predicted molar refractivity (Wildman–Crippen MR) is 64.8 cm³/mol. The average Bonchev–Trinajstić information content (AvgIpc) is 2.25. The van der Waals surface area contributed by atoms with Crippen molar-refractivity contribution in [3.05, 3.63) is 29.8 Å². The molecule has 0 fully saturated rings. The maximum Gasteiger partial charge on any atom is 0.251 e. The van der Waals surface area contributed by atoms with Crippen molar-refractivity contribution in [3.8, 4) is 5.75 Å². The second kappa shape index (κ2) is 6.16. The number of nitrogens with one attached hydrogen (secondary N) is 1. The van der Waals surface area contributed by atoms with Gasteiger partial charge >= 0.3 is 0 Å². The van der Waals surface area contributed by atoms with E-state index in [-0.39, 0.29) is 12.0 Å². The van der Waals surface area contributed by atoms with Gasteiger partial charge in [-0.3, -0.25) is 4.79 Å². The highest BCUT2D eigenvalue weighted by Crippen LogP contribution is 2.14. The summed E-state index contributed by atoms with van der Waals surface area (Å²) in [4.78, 5) is 11.7. The Morgan fingerprint density at radius 3 is 2.81 bits per heavy atom. The van der Waals surface area contributed by atoms with Gasteiger partial charge in [0.05, 0.1) is 6.10 Å². The molecule has 1 aromatic carbocycles. The highest BCUT2D eigenvalue weighted by atomic mass is 16.5. The largest absolute Gasteiger partial charge is 0.491 e. The number of carbonyl (C=O) groups excluding carboxylic acids is 1. The Morgan fingerprint density at radius 2 is 2.19 bits per heavy atom. The van der Waals surface area contributed by atoms with Crippen LogP contribution in [0.25, 0.3) is 0 Å². The van der Waals surface area contributed by atoms with Gasteiger partial charge in [0.15, 0.2) is 0 Å². The molecule has 0 atom stereocenters. The average molecular weight is 221 g/mol. The maximum atomic E-state index is 11.7. The minimum Gasteiger partial charge on any atom is -0.491 e. The van der Waals surface area contributed by atoms with Crippen LogP contribution in [-0.2, 0) is 0 Å². The van der Waals surface area contributed by atoms with Crippen molar-refractivity contribution in [2.24, 2.45) is 0 Å². The third-order valence-electron chi connectivity index (χ3n) is 2.00. The zero-order valence-electron chi connectivity index (χ0n) is 10.1. The Hall–Kier alpha value is -1.51. The lowest BCUT2D eigenvalue weighted by atomic mass is 10.2. The lowest BCUT2D eigenvalue weighted by Crippen LogP contribution is -2.23. The van der Waals surface area contributed by atoms with E-state index in [9.17, 15) is 4.79 Å². The molecule has 3 nitrogen and oxygen atoms in total. The first-order valence-electron chi connectivity index (χ1n) is 5.68. The minimum atomic E-state index is -0.0453. The van der Waals surface area contributed by atoms with Crippen molar-refractivity contribution in [3.63, 3.8) is 0 Å². The summed E-state index contributed by atoms with van der Waals surface area (Å²) < 4.78 is 5.53. The van der Waals surface area contributed by atoms with E-state index in [1.807, 2.05) is 32.9 Å². The molecule has 3 heteroatoms. The molecule has 0 heterocycles. The van der Waals surface area contributed by atoms with Crippen LogP contribution in [-0.4, -0.2) is 18.6 Å². The highest BCUT2D eigenvalue weighted by Gasteiger charge is 2.06. The molecule has 0 aliphatic heterocycles. The summed E-state index contributed by atoms with van der Waals surface area (Å²) >= 11 is 0. The minimum absolute atomic E-state index is 0.0453. The number of hydrogen-bond donors (Lipinski definition) is 1. The molecule has 1 rings (SSSR count). The topological polar surface area (TPSA) is 38.3 Å². The smallest absolute Gasteiger partial charge is 0.251 e. The van der Waals surface area contributed by atoms with Crippen LogP contribution in [0.3, 0.4) is 0 Å². The molecule has 88 valence electrons. The molecule has 0 aliphatic rings. The number of rotatable bonds is 5. The molecular formula is C13H19NO2. The van der Waals surface area contributed by atoms with E-state index >= 15 is 0 Å². The zero-order valence-corrected chi connectivity index (χ0v) is 10.1. The monoisotopic (exact) mass is 221 g/mol. The summed E-state index contributed by atoms with van der Waals surface area (Å²) in [6.07, 6.45) is 1.06. The maximum absolute atomic E-state index is 11.7. The Balaban J connectivity index is 2.69. The zero-order chi connectivity index (χ0) is 12.0. The number of carbonyl (C=O) groups is 1. The van der Waals surface area contributed by atoms with Crippen LogP contribution in [0, 0.1) is 0 Å². The predicted octanol–water partition coefficient (Wildman–Crippen LogP) is 2.61. The van der Waals surface area contributed by atoms with E-state index in [0.29, 0.717) is 12.1 Å². The van der Waals surface area contributed by atoms with Crippen LogP contribution >= 0.6 is 0 Å². The first-order valence-corrected chi connectivity index (χ1v) is 5.68. The van der Waals surface area contributed by atoms with E-state index < -0.39 is 0 Å². The van der Waals surface area contributed by atoms with Gasteiger partial charge in [-0.05, 0) is 38.5 Å². The molecule has 1 N–H and O–H groups in total. The first-order chi connectivity index (χ1) is 7.63. The second-order valence-electron chi connectivity index (χ2n) is 3.95. The third kappa shape index (κ3) is 3.93. The fourth-order valence-corrected chi connectivity index (χ4v) is 1.32. The molecule has 0 spiro atoms. The van der Waals surface area contributed by atoms with Crippen LogP contribution in [0.15, 0.2) is 24.3 Å². The molecule has 16 heavy (non-hydrogen) atoms. The van der Waals surface area contributed by atoms with Gasteiger partial charge in [-0.1, -0.05) is 13.0 Å². The number of ether oxygens (including phenoxy) is 1. The van der Waals surface area contributed by atoms with Gasteiger partial charge in [-0.2, -0.15) is 0 Å². The Labute approximate surface area is 96.8 Å². The molecule has 0 unspecified atom stereocenters. The third-order valence-corrected chi connectivity index (χ3v) is 2.00. The van der Waals surface area contributed by atoms with Crippen molar-refractivity contribution in [1.29, 1.82) is 0 Å². The molecular weight excluding hydrogens is 202 g/mol. The summed E-state index contributed by atoms with van der Waals surface area (Å²) in [5.41, 5.74) is 0.645. The lowest BCUT2D eigenvalue weighted by Gasteiger charge is -2.10. The standard InChI is InChI=1S/C13H19NO2/c1-4-8-14-13(15)11-6-5-7-12(9-11)16-10(2)3/h5-7,9-10H,4,8H2,1-3H3,(H,14,15). The second-order valence-corrected chi connectivity index (χ2v) is 3.95. The van der Waals surface area contributed by atoms with Gasteiger partial charge < -0.3 is 10.1 Å². The normalized spacial score (nSPS) is 10.2. The molecule has 0 aliphatic carbocycles. The fourth-order valence-electron chi connectivity index (χ4n) is 1.32. The first kappa shape index (κ1) is 12.6. The summed E-state index contributed by atoms with van der Waals surface area (Å²) in [6, 6.07) is 7.25. The fraction of sp³-hybridized carbons (Fsp3) is 0.462. The SMILES string of the molecule is CCCNC(=O)c1cccc(OC(C)C)c1. The van der Waals surface area contributed by atoms with Gasteiger partial charge in [0, 0.05) is 12.1 Å². The van der Waals surface area contributed by atoms with Crippen molar-refractivity contribution in [2.45, 2.75) is 33.3 Å². The number of benzene rings is 1. The van der Waals surface area contributed by atoms with Crippen LogP contribution in [0.2, 0.25) is 0 Å². The van der Waals surface area contributed by atoms with Crippen LogP contribution in [0.5, 0.6) is 5.75 Å². The molecule has 0 radical (unpaired) electrons. The molecule has 0 saturated carbocycles. The van der Waals surface area contributed by atoms with Gasteiger partial charge in [0.25, 0.3) is 5.91 Å². The van der Waals surface area contributed by atoms with E-state index in [4.69, 9.17) is 4.74 Å². The van der Waals surface area contributed by atoms with Crippen LogP contribution in [0.4, 0.5) is 0 Å². The molecule has 0 aromatic heterocycles. The molecule has 0 bridgehead atoms.